The van der Waals surface area contributed by atoms with E-state index in [4.69, 9.17) is 28.3 Å². The van der Waals surface area contributed by atoms with Gasteiger partial charge in [0.25, 0.3) is 10.0 Å². The minimum absolute atomic E-state index is 0.0290. The highest BCUT2D eigenvalue weighted by molar-refractivity contribution is 7.92. The van der Waals surface area contributed by atoms with Crippen molar-refractivity contribution in [1.82, 2.24) is 9.78 Å². The topological polar surface area (TPSA) is 84.2 Å². The van der Waals surface area contributed by atoms with Crippen LogP contribution in [0.15, 0.2) is 29.4 Å². The van der Waals surface area contributed by atoms with Crippen LogP contribution in [0, 0.1) is 5.82 Å². The lowest BCUT2D eigenvalue weighted by molar-refractivity contribution is 0.269. The van der Waals surface area contributed by atoms with E-state index in [0.717, 1.165) is 18.3 Å². The monoisotopic (exact) mass is 353 g/mol. The van der Waals surface area contributed by atoms with Crippen LogP contribution in [0.3, 0.4) is 0 Å². The Morgan fingerprint density at radius 1 is 1.33 bits per heavy atom. The summed E-state index contributed by atoms with van der Waals surface area (Å²) in [5.74, 6) is -0.822. The molecule has 0 saturated heterocycles. The number of hydrogen-bond donors (Lipinski definition) is 2. The van der Waals surface area contributed by atoms with Gasteiger partial charge in [-0.05, 0) is 12.1 Å². The molecule has 1 heterocycles. The number of hydrogen-bond acceptors (Lipinski definition) is 4. The summed E-state index contributed by atoms with van der Waals surface area (Å²) in [6, 6.07) is 2.22. The van der Waals surface area contributed by atoms with Crippen LogP contribution >= 0.6 is 23.2 Å². The number of sulfonamides is 1. The molecule has 0 aliphatic rings. The standard InChI is InChI=1S/C11H10Cl2FN3O3S/c12-9-3-7(4-10(13)11(9)14)16-21(19,20)8-5-15-17(6-8)1-2-18/h3-6,16,18H,1-2H2. The lowest BCUT2D eigenvalue weighted by atomic mass is 10.3. The summed E-state index contributed by atoms with van der Waals surface area (Å²) in [5.41, 5.74) is 0.0290. The molecule has 0 unspecified atom stereocenters. The molecule has 0 spiro atoms. The zero-order valence-electron chi connectivity index (χ0n) is 10.4. The van der Waals surface area contributed by atoms with Crippen molar-refractivity contribution in [2.75, 3.05) is 11.3 Å². The molecule has 0 radical (unpaired) electrons. The maximum Gasteiger partial charge on any atom is 0.265 e. The summed E-state index contributed by atoms with van der Waals surface area (Å²) in [5, 5.41) is 12.0. The number of anilines is 1. The van der Waals surface area contributed by atoms with E-state index < -0.39 is 15.8 Å². The normalized spacial score (nSPS) is 11.6. The van der Waals surface area contributed by atoms with Gasteiger partial charge in [0.05, 0.1) is 35.1 Å². The Labute approximate surface area is 130 Å². The predicted octanol–water partition coefficient (Wildman–Crippen LogP) is 2.12. The average Bonchev–Trinajstić information content (AvgIpc) is 2.85. The van der Waals surface area contributed by atoms with E-state index in [1.807, 2.05) is 0 Å². The molecular weight excluding hydrogens is 344 g/mol. The first kappa shape index (κ1) is 16.0. The molecule has 0 saturated carbocycles. The largest absolute Gasteiger partial charge is 0.394 e. The van der Waals surface area contributed by atoms with Gasteiger partial charge in [0.2, 0.25) is 0 Å². The van der Waals surface area contributed by atoms with Crippen molar-refractivity contribution in [3.63, 3.8) is 0 Å². The highest BCUT2D eigenvalue weighted by Gasteiger charge is 2.18. The highest BCUT2D eigenvalue weighted by Crippen LogP contribution is 2.28. The Morgan fingerprint density at radius 2 is 1.95 bits per heavy atom. The second-order valence-electron chi connectivity index (χ2n) is 4.02. The molecule has 0 aliphatic carbocycles. The minimum Gasteiger partial charge on any atom is -0.394 e. The van der Waals surface area contributed by atoms with Crippen molar-refractivity contribution >= 4 is 38.9 Å². The minimum atomic E-state index is -3.91. The zero-order valence-corrected chi connectivity index (χ0v) is 12.8. The number of aliphatic hydroxyl groups is 1. The number of aliphatic hydroxyl groups excluding tert-OH is 1. The zero-order chi connectivity index (χ0) is 15.6. The second kappa shape index (κ2) is 6.18. The number of benzene rings is 1. The molecule has 0 aliphatic heterocycles. The van der Waals surface area contributed by atoms with Crippen LogP contribution in [0.25, 0.3) is 0 Å². The van der Waals surface area contributed by atoms with Gasteiger partial charge < -0.3 is 5.11 Å². The average molecular weight is 354 g/mol. The first-order chi connectivity index (χ1) is 9.83. The lowest BCUT2D eigenvalue weighted by Gasteiger charge is -2.08. The molecule has 1 aromatic heterocycles. The molecule has 0 fully saturated rings. The third-order valence-corrected chi connectivity index (χ3v) is 4.37. The van der Waals surface area contributed by atoms with Gasteiger partial charge in [-0.15, -0.1) is 0 Å². The van der Waals surface area contributed by atoms with E-state index in [2.05, 4.69) is 9.82 Å². The summed E-state index contributed by atoms with van der Waals surface area (Å²) < 4.78 is 41.0. The van der Waals surface area contributed by atoms with Crippen molar-refractivity contribution in [3.8, 4) is 0 Å². The van der Waals surface area contributed by atoms with Gasteiger partial charge in [-0.1, -0.05) is 23.2 Å². The fourth-order valence-electron chi connectivity index (χ4n) is 1.54. The summed E-state index contributed by atoms with van der Waals surface area (Å²) in [6.45, 7) is 0.00149. The molecule has 6 nitrogen and oxygen atoms in total. The molecule has 0 amide bonds. The van der Waals surface area contributed by atoms with E-state index >= 15 is 0 Å². The van der Waals surface area contributed by atoms with Gasteiger partial charge in [-0.3, -0.25) is 9.40 Å². The van der Waals surface area contributed by atoms with E-state index in [1.165, 1.54) is 10.9 Å². The van der Waals surface area contributed by atoms with Gasteiger partial charge in [-0.2, -0.15) is 5.10 Å². The fraction of sp³-hybridized carbons (Fsp3) is 0.182. The van der Waals surface area contributed by atoms with Gasteiger partial charge in [0.15, 0.2) is 5.82 Å². The fourth-order valence-corrected chi connectivity index (χ4v) is 3.02. The summed E-state index contributed by atoms with van der Waals surface area (Å²) in [6.07, 6.45) is 2.38. The van der Waals surface area contributed by atoms with E-state index in [-0.39, 0.29) is 33.8 Å². The lowest BCUT2D eigenvalue weighted by Crippen LogP contribution is -2.12. The quantitative estimate of drug-likeness (QED) is 0.806. The van der Waals surface area contributed by atoms with E-state index in [9.17, 15) is 12.8 Å². The highest BCUT2D eigenvalue weighted by atomic mass is 35.5. The molecule has 0 bridgehead atoms. The Kier molecular flexibility index (Phi) is 4.72. The Balaban J connectivity index is 2.28. The van der Waals surface area contributed by atoms with Crippen LogP contribution in [0.5, 0.6) is 0 Å². The first-order valence-corrected chi connectivity index (χ1v) is 7.88. The molecule has 1 aromatic carbocycles. The SMILES string of the molecule is O=S(=O)(Nc1cc(Cl)c(F)c(Cl)c1)c1cnn(CCO)c1. The maximum atomic E-state index is 13.3. The molecular formula is C11H10Cl2FN3O3S. The van der Waals surface area contributed by atoms with Crippen LogP contribution < -0.4 is 4.72 Å². The molecule has 2 rings (SSSR count). The van der Waals surface area contributed by atoms with Crippen LogP contribution in [-0.2, 0) is 16.6 Å². The predicted molar refractivity (Wildman–Crippen MR) is 76.5 cm³/mol. The molecule has 2 N–H and O–H groups in total. The van der Waals surface area contributed by atoms with Crippen molar-refractivity contribution in [2.24, 2.45) is 0 Å². The van der Waals surface area contributed by atoms with Crippen LogP contribution in [0.4, 0.5) is 10.1 Å². The van der Waals surface area contributed by atoms with Gasteiger partial charge >= 0.3 is 0 Å². The van der Waals surface area contributed by atoms with E-state index in [1.54, 1.807) is 0 Å². The summed E-state index contributed by atoms with van der Waals surface area (Å²) >= 11 is 11.2. The third-order valence-electron chi connectivity index (χ3n) is 2.48. The van der Waals surface area contributed by atoms with Crippen molar-refractivity contribution < 1.29 is 17.9 Å². The number of nitrogens with one attached hydrogen (secondary N) is 1. The Hall–Kier alpha value is -1.35. The Bertz CT molecular complexity index is 741. The molecule has 2 aromatic rings. The molecule has 114 valence electrons. The number of aromatic nitrogens is 2. The van der Waals surface area contributed by atoms with Crippen molar-refractivity contribution in [1.29, 1.82) is 0 Å². The van der Waals surface area contributed by atoms with Crippen LogP contribution in [-0.4, -0.2) is 29.9 Å². The van der Waals surface area contributed by atoms with E-state index in [0.29, 0.717) is 0 Å². The van der Waals surface area contributed by atoms with Crippen LogP contribution in [0.1, 0.15) is 0 Å². The molecule has 0 atom stereocenters. The van der Waals surface area contributed by atoms with Crippen LogP contribution in [0.2, 0.25) is 10.0 Å². The van der Waals surface area contributed by atoms with Gasteiger partial charge in [0, 0.05) is 6.20 Å². The van der Waals surface area contributed by atoms with Gasteiger partial charge in [0.1, 0.15) is 4.90 Å². The summed E-state index contributed by atoms with van der Waals surface area (Å²) in [4.78, 5) is -0.104. The van der Waals surface area contributed by atoms with Crippen molar-refractivity contribution in [3.05, 3.63) is 40.4 Å². The van der Waals surface area contributed by atoms with Gasteiger partial charge in [-0.25, -0.2) is 12.8 Å². The summed E-state index contributed by atoms with van der Waals surface area (Å²) in [7, 11) is -3.91. The second-order valence-corrected chi connectivity index (χ2v) is 6.52. The number of nitrogens with zero attached hydrogens (tertiary/aromatic N) is 2. The smallest absolute Gasteiger partial charge is 0.265 e. The first-order valence-electron chi connectivity index (χ1n) is 5.64. The maximum absolute atomic E-state index is 13.3. The third kappa shape index (κ3) is 3.65. The molecule has 21 heavy (non-hydrogen) atoms. The number of halogens is 3. The van der Waals surface area contributed by atoms with Crippen molar-refractivity contribution in [2.45, 2.75) is 11.4 Å². The Morgan fingerprint density at radius 3 is 2.52 bits per heavy atom. The number of rotatable bonds is 5. The molecule has 10 heteroatoms.